The molecule has 0 N–H and O–H groups in total. The van der Waals surface area contributed by atoms with Gasteiger partial charge in [-0.25, -0.2) is 0 Å². The summed E-state index contributed by atoms with van der Waals surface area (Å²) in [5.74, 6) is 0. The second-order valence-electron chi connectivity index (χ2n) is 1.93. The fourth-order valence-corrected chi connectivity index (χ4v) is 0.606. The topological polar surface area (TPSA) is 15.6 Å². The van der Waals surface area contributed by atoms with E-state index in [4.69, 9.17) is 0 Å². The number of rotatable bonds is 4. The molecule has 0 aliphatic heterocycles. The molecular weight excluding hydrogens is 124 g/mol. The maximum atomic E-state index is 4.17. The predicted octanol–water partition coefficient (Wildman–Crippen LogP) is 1.89. The second-order valence-corrected chi connectivity index (χ2v) is 1.93. The number of nitrogens with zero attached hydrogens (tertiary/aromatic N) is 2. The predicted molar refractivity (Wildman–Crippen MR) is 46.2 cm³/mol. The van der Waals surface area contributed by atoms with Crippen molar-refractivity contribution in [3.63, 3.8) is 0 Å². The molecule has 2 nitrogen and oxygen atoms in total. The summed E-state index contributed by atoms with van der Waals surface area (Å²) in [6.07, 6.45) is 5.71. The van der Waals surface area contributed by atoms with Crippen LogP contribution in [0, 0.1) is 0 Å². The van der Waals surface area contributed by atoms with Crippen molar-refractivity contribution in [2.75, 3.05) is 13.1 Å². The molecule has 0 rings (SSSR count). The van der Waals surface area contributed by atoms with Crippen LogP contribution in [-0.4, -0.2) is 24.3 Å². The standard InChI is InChI=1S/C8H16N2/c1-4-7-8-9-10(5-2)6-3/h4,7-8H,5-6H2,1-3H3/b7-4+,9-8+. The minimum absolute atomic E-state index is 0.977. The Labute approximate surface area is 63.2 Å². The molecule has 0 bridgehead atoms. The Morgan fingerprint density at radius 1 is 1.30 bits per heavy atom. The van der Waals surface area contributed by atoms with Gasteiger partial charge in [-0.2, -0.15) is 5.10 Å². The van der Waals surface area contributed by atoms with Crippen molar-refractivity contribution in [1.82, 2.24) is 5.01 Å². The SMILES string of the molecule is C/C=C/C=N/N(CC)CC. The molecule has 2 heteroatoms. The molecule has 0 saturated heterocycles. The van der Waals surface area contributed by atoms with Crippen molar-refractivity contribution in [2.45, 2.75) is 20.8 Å². The molecule has 0 aromatic heterocycles. The molecular formula is C8H16N2. The number of hydrogen-bond donors (Lipinski definition) is 0. The lowest BCUT2D eigenvalue weighted by molar-refractivity contribution is 0.323. The Hall–Kier alpha value is -0.790. The first kappa shape index (κ1) is 9.21. The molecule has 0 atom stereocenters. The minimum Gasteiger partial charge on any atom is -0.298 e. The average molecular weight is 140 g/mol. The van der Waals surface area contributed by atoms with Crippen LogP contribution in [0.15, 0.2) is 17.3 Å². The highest BCUT2D eigenvalue weighted by molar-refractivity contribution is 5.70. The zero-order chi connectivity index (χ0) is 7.82. The van der Waals surface area contributed by atoms with Gasteiger partial charge in [-0.1, -0.05) is 6.08 Å². The third-order valence-corrected chi connectivity index (χ3v) is 1.24. The fourth-order valence-electron chi connectivity index (χ4n) is 0.606. The normalized spacial score (nSPS) is 11.5. The molecule has 0 aliphatic carbocycles. The van der Waals surface area contributed by atoms with E-state index >= 15 is 0 Å². The van der Waals surface area contributed by atoms with Crippen molar-refractivity contribution in [3.8, 4) is 0 Å². The molecule has 10 heavy (non-hydrogen) atoms. The van der Waals surface area contributed by atoms with E-state index in [9.17, 15) is 0 Å². The lowest BCUT2D eigenvalue weighted by Gasteiger charge is -2.12. The third-order valence-electron chi connectivity index (χ3n) is 1.24. The zero-order valence-corrected chi connectivity index (χ0v) is 7.04. The average Bonchev–Trinajstić information content (AvgIpc) is 1.99. The lowest BCUT2D eigenvalue weighted by atomic mass is 10.6. The molecule has 0 aromatic rings. The van der Waals surface area contributed by atoms with Crippen LogP contribution in [0.4, 0.5) is 0 Å². The molecule has 0 amide bonds. The highest BCUT2D eigenvalue weighted by Crippen LogP contribution is 1.85. The highest BCUT2D eigenvalue weighted by Gasteiger charge is 1.86. The van der Waals surface area contributed by atoms with Crippen molar-refractivity contribution >= 4 is 6.21 Å². The summed E-state index contributed by atoms with van der Waals surface area (Å²) in [5, 5.41) is 6.17. The molecule has 58 valence electrons. The van der Waals surface area contributed by atoms with E-state index in [-0.39, 0.29) is 0 Å². The minimum atomic E-state index is 0.977. The van der Waals surface area contributed by atoms with E-state index < -0.39 is 0 Å². The van der Waals surface area contributed by atoms with Gasteiger partial charge in [-0.3, -0.25) is 5.01 Å². The van der Waals surface area contributed by atoms with Gasteiger partial charge in [0.2, 0.25) is 0 Å². The summed E-state index contributed by atoms with van der Waals surface area (Å²) in [7, 11) is 0. The van der Waals surface area contributed by atoms with Crippen LogP contribution < -0.4 is 0 Å². The molecule has 0 fully saturated rings. The van der Waals surface area contributed by atoms with E-state index in [1.165, 1.54) is 0 Å². The van der Waals surface area contributed by atoms with Crippen LogP contribution in [0.1, 0.15) is 20.8 Å². The first-order valence-electron chi connectivity index (χ1n) is 3.75. The van der Waals surface area contributed by atoms with E-state index in [0.29, 0.717) is 0 Å². The summed E-state index contributed by atoms with van der Waals surface area (Å²) in [6.45, 7) is 8.12. The Bertz CT molecular complexity index is 112. The van der Waals surface area contributed by atoms with Crippen molar-refractivity contribution in [1.29, 1.82) is 0 Å². The van der Waals surface area contributed by atoms with E-state index in [1.54, 1.807) is 0 Å². The Balaban J connectivity index is 3.60. The highest BCUT2D eigenvalue weighted by atomic mass is 15.4. The molecule has 0 saturated carbocycles. The van der Waals surface area contributed by atoms with Crippen molar-refractivity contribution in [2.24, 2.45) is 5.10 Å². The van der Waals surface area contributed by atoms with E-state index in [0.717, 1.165) is 13.1 Å². The van der Waals surface area contributed by atoms with Crippen molar-refractivity contribution in [3.05, 3.63) is 12.2 Å². The van der Waals surface area contributed by atoms with Crippen LogP contribution in [0.5, 0.6) is 0 Å². The lowest BCUT2D eigenvalue weighted by Crippen LogP contribution is -2.15. The zero-order valence-electron chi connectivity index (χ0n) is 7.04. The van der Waals surface area contributed by atoms with Gasteiger partial charge in [0.05, 0.1) is 0 Å². The van der Waals surface area contributed by atoms with Crippen LogP contribution in [-0.2, 0) is 0 Å². The summed E-state index contributed by atoms with van der Waals surface area (Å²) < 4.78 is 0. The van der Waals surface area contributed by atoms with E-state index in [2.05, 4.69) is 18.9 Å². The number of allylic oxidation sites excluding steroid dienone is 2. The Kier molecular flexibility index (Phi) is 5.83. The number of hydrogen-bond acceptors (Lipinski definition) is 2. The summed E-state index contributed by atoms with van der Waals surface area (Å²) in [5.41, 5.74) is 0. The van der Waals surface area contributed by atoms with E-state index in [1.807, 2.05) is 30.3 Å². The largest absolute Gasteiger partial charge is 0.298 e. The summed E-state index contributed by atoms with van der Waals surface area (Å²) in [4.78, 5) is 0. The molecule has 0 aliphatic rings. The molecule has 0 aromatic carbocycles. The van der Waals surface area contributed by atoms with Gasteiger partial charge in [0, 0.05) is 19.3 Å². The molecule has 0 spiro atoms. The van der Waals surface area contributed by atoms with Crippen LogP contribution >= 0.6 is 0 Å². The first-order chi connectivity index (χ1) is 4.85. The number of hydrazone groups is 1. The Morgan fingerprint density at radius 3 is 2.30 bits per heavy atom. The quantitative estimate of drug-likeness (QED) is 0.430. The Morgan fingerprint density at radius 2 is 1.90 bits per heavy atom. The first-order valence-corrected chi connectivity index (χ1v) is 3.75. The second kappa shape index (κ2) is 6.33. The van der Waals surface area contributed by atoms with Gasteiger partial charge in [-0.05, 0) is 26.8 Å². The van der Waals surface area contributed by atoms with Crippen molar-refractivity contribution < 1.29 is 0 Å². The smallest absolute Gasteiger partial charge is 0.0467 e. The maximum absolute atomic E-state index is 4.17. The van der Waals surface area contributed by atoms with Gasteiger partial charge in [0.15, 0.2) is 0 Å². The van der Waals surface area contributed by atoms with Gasteiger partial charge < -0.3 is 0 Å². The summed E-state index contributed by atoms with van der Waals surface area (Å²) >= 11 is 0. The van der Waals surface area contributed by atoms with Gasteiger partial charge >= 0.3 is 0 Å². The molecule has 0 radical (unpaired) electrons. The molecule has 0 unspecified atom stereocenters. The summed E-state index contributed by atoms with van der Waals surface area (Å²) in [6, 6.07) is 0. The van der Waals surface area contributed by atoms with Gasteiger partial charge in [-0.15, -0.1) is 0 Å². The van der Waals surface area contributed by atoms with Gasteiger partial charge in [0.25, 0.3) is 0 Å². The molecule has 0 heterocycles. The third kappa shape index (κ3) is 4.13. The van der Waals surface area contributed by atoms with Gasteiger partial charge in [0.1, 0.15) is 0 Å². The van der Waals surface area contributed by atoms with Crippen LogP contribution in [0.25, 0.3) is 0 Å². The maximum Gasteiger partial charge on any atom is 0.0467 e. The fraction of sp³-hybridized carbons (Fsp3) is 0.625. The van der Waals surface area contributed by atoms with Crippen LogP contribution in [0.3, 0.4) is 0 Å². The van der Waals surface area contributed by atoms with Crippen LogP contribution in [0.2, 0.25) is 0 Å². The monoisotopic (exact) mass is 140 g/mol.